The smallest absolute Gasteiger partial charge is 0.0399 e. The van der Waals surface area contributed by atoms with E-state index in [0.717, 1.165) is 0 Å². The summed E-state index contributed by atoms with van der Waals surface area (Å²) in [6.45, 7) is 4.56. The summed E-state index contributed by atoms with van der Waals surface area (Å²) in [6.07, 6.45) is 0. The van der Waals surface area contributed by atoms with Crippen LogP contribution in [0.3, 0.4) is 0 Å². The molecule has 0 N–H and O–H groups in total. The Morgan fingerprint density at radius 1 is 0.591 bits per heavy atom. The molecule has 0 atom stereocenters. The molecule has 0 unspecified atom stereocenters. The molecular weight excluding hydrogens is 284 g/mol. The van der Waals surface area contributed by atoms with Crippen LogP contribution >= 0.6 is 11.8 Å². The molecule has 0 spiro atoms. The molecule has 3 aromatic carbocycles. The Hall–Kier alpha value is -1.99. The van der Waals surface area contributed by atoms with E-state index in [1.165, 1.54) is 21.6 Å². The van der Waals surface area contributed by atoms with Crippen molar-refractivity contribution in [3.05, 3.63) is 90.5 Å². The van der Waals surface area contributed by atoms with Gasteiger partial charge in [0.1, 0.15) is 0 Å². The van der Waals surface area contributed by atoms with Crippen molar-refractivity contribution in [2.24, 2.45) is 0 Å². The average molecular weight is 304 g/mol. The third-order valence-electron chi connectivity index (χ3n) is 3.80. The minimum atomic E-state index is 0.0522. The van der Waals surface area contributed by atoms with Crippen LogP contribution in [0.1, 0.15) is 19.4 Å². The Morgan fingerprint density at radius 2 is 1.09 bits per heavy atom. The predicted molar refractivity (Wildman–Crippen MR) is 97.2 cm³/mol. The van der Waals surface area contributed by atoms with Crippen LogP contribution in [0, 0.1) is 0 Å². The van der Waals surface area contributed by atoms with Crippen LogP contribution in [0.5, 0.6) is 0 Å². The first kappa shape index (κ1) is 14.9. The Morgan fingerprint density at radius 3 is 1.68 bits per heavy atom. The van der Waals surface area contributed by atoms with Crippen molar-refractivity contribution in [1.82, 2.24) is 0 Å². The summed E-state index contributed by atoms with van der Waals surface area (Å²) in [4.78, 5) is 1.31. The van der Waals surface area contributed by atoms with Crippen LogP contribution in [-0.2, 0) is 4.75 Å². The van der Waals surface area contributed by atoms with Crippen LogP contribution in [-0.4, -0.2) is 0 Å². The number of benzene rings is 3. The van der Waals surface area contributed by atoms with Gasteiger partial charge in [-0.15, -0.1) is 11.8 Å². The average Bonchev–Trinajstić information content (AvgIpc) is 2.56. The van der Waals surface area contributed by atoms with Gasteiger partial charge in [-0.1, -0.05) is 72.8 Å². The van der Waals surface area contributed by atoms with Crippen LogP contribution in [0.4, 0.5) is 0 Å². The third kappa shape index (κ3) is 3.42. The molecule has 0 heterocycles. The maximum Gasteiger partial charge on any atom is 0.0399 e. The van der Waals surface area contributed by atoms with E-state index < -0.39 is 0 Å². The standard InChI is InChI=1S/C21H20S/c1-21(2,22-20-11-7-4-8-12-20)19-15-13-18(14-16-19)17-9-5-3-6-10-17/h3-16H,1-2H3. The van der Waals surface area contributed by atoms with E-state index >= 15 is 0 Å². The largest absolute Gasteiger partial charge is 0.115 e. The topological polar surface area (TPSA) is 0 Å². The molecular formula is C21H20S. The lowest BCUT2D eigenvalue weighted by molar-refractivity contribution is 0.782. The van der Waals surface area contributed by atoms with Gasteiger partial charge in [-0.2, -0.15) is 0 Å². The Balaban J connectivity index is 1.82. The number of hydrogen-bond donors (Lipinski definition) is 0. The van der Waals surface area contributed by atoms with Crippen molar-refractivity contribution in [1.29, 1.82) is 0 Å². The van der Waals surface area contributed by atoms with Crippen LogP contribution in [0.25, 0.3) is 11.1 Å². The van der Waals surface area contributed by atoms with Gasteiger partial charge in [-0.3, -0.25) is 0 Å². The van der Waals surface area contributed by atoms with E-state index in [2.05, 4.69) is 98.8 Å². The first-order valence-corrected chi connectivity index (χ1v) is 8.37. The summed E-state index contributed by atoms with van der Waals surface area (Å²) < 4.78 is 0.0522. The number of thioether (sulfide) groups is 1. The Kier molecular flexibility index (Phi) is 4.35. The fourth-order valence-corrected chi connectivity index (χ4v) is 3.67. The van der Waals surface area contributed by atoms with Gasteiger partial charge in [0.05, 0.1) is 0 Å². The molecule has 0 nitrogen and oxygen atoms in total. The van der Waals surface area contributed by atoms with Crippen LogP contribution < -0.4 is 0 Å². The van der Waals surface area contributed by atoms with Gasteiger partial charge < -0.3 is 0 Å². The molecule has 0 aliphatic rings. The highest BCUT2D eigenvalue weighted by Gasteiger charge is 2.21. The highest BCUT2D eigenvalue weighted by atomic mass is 32.2. The molecule has 0 saturated heterocycles. The molecule has 0 aromatic heterocycles. The summed E-state index contributed by atoms with van der Waals surface area (Å²) in [5.41, 5.74) is 3.88. The van der Waals surface area contributed by atoms with Gasteiger partial charge in [-0.05, 0) is 42.7 Å². The lowest BCUT2D eigenvalue weighted by atomic mass is 9.98. The van der Waals surface area contributed by atoms with Crippen LogP contribution in [0.2, 0.25) is 0 Å². The van der Waals surface area contributed by atoms with Crippen molar-refractivity contribution in [2.75, 3.05) is 0 Å². The van der Waals surface area contributed by atoms with E-state index in [0.29, 0.717) is 0 Å². The summed E-state index contributed by atoms with van der Waals surface area (Å²) in [7, 11) is 0. The molecule has 0 bridgehead atoms. The van der Waals surface area contributed by atoms with Gasteiger partial charge in [0, 0.05) is 9.64 Å². The molecule has 3 aromatic rings. The van der Waals surface area contributed by atoms with Gasteiger partial charge in [0.2, 0.25) is 0 Å². The molecule has 0 radical (unpaired) electrons. The second kappa shape index (κ2) is 6.41. The molecule has 0 fully saturated rings. The van der Waals surface area contributed by atoms with Gasteiger partial charge >= 0.3 is 0 Å². The highest BCUT2D eigenvalue weighted by Crippen LogP contribution is 2.41. The fourth-order valence-electron chi connectivity index (χ4n) is 2.54. The van der Waals surface area contributed by atoms with E-state index in [1.807, 2.05) is 11.8 Å². The highest BCUT2D eigenvalue weighted by molar-refractivity contribution is 8.00. The van der Waals surface area contributed by atoms with E-state index in [4.69, 9.17) is 0 Å². The van der Waals surface area contributed by atoms with Crippen molar-refractivity contribution in [3.63, 3.8) is 0 Å². The van der Waals surface area contributed by atoms with E-state index in [1.54, 1.807) is 0 Å². The zero-order valence-electron chi connectivity index (χ0n) is 13.0. The minimum absolute atomic E-state index is 0.0522. The SMILES string of the molecule is CC(C)(Sc1ccccc1)c1ccc(-c2ccccc2)cc1. The van der Waals surface area contributed by atoms with Gasteiger partial charge in [0.25, 0.3) is 0 Å². The maximum absolute atomic E-state index is 2.28. The second-order valence-electron chi connectivity index (χ2n) is 5.87. The zero-order chi connectivity index (χ0) is 15.4. The predicted octanol–water partition coefficient (Wildman–Crippen LogP) is 6.38. The van der Waals surface area contributed by atoms with E-state index in [-0.39, 0.29) is 4.75 Å². The quantitative estimate of drug-likeness (QED) is 0.504. The summed E-state index contributed by atoms with van der Waals surface area (Å²) >= 11 is 1.90. The lowest BCUT2D eigenvalue weighted by Gasteiger charge is -2.25. The molecule has 0 saturated carbocycles. The third-order valence-corrected chi connectivity index (χ3v) is 5.06. The number of rotatable bonds is 4. The number of hydrogen-bond acceptors (Lipinski definition) is 1. The monoisotopic (exact) mass is 304 g/mol. The van der Waals surface area contributed by atoms with Crippen molar-refractivity contribution in [2.45, 2.75) is 23.5 Å². The van der Waals surface area contributed by atoms with Gasteiger partial charge in [-0.25, -0.2) is 0 Å². The van der Waals surface area contributed by atoms with Crippen molar-refractivity contribution >= 4 is 11.8 Å². The summed E-state index contributed by atoms with van der Waals surface area (Å²) in [6, 6.07) is 30.0. The molecule has 22 heavy (non-hydrogen) atoms. The van der Waals surface area contributed by atoms with Gasteiger partial charge in [0.15, 0.2) is 0 Å². The summed E-state index contributed by atoms with van der Waals surface area (Å²) in [5.74, 6) is 0. The molecule has 1 heteroatoms. The Labute approximate surface area is 137 Å². The molecule has 0 aliphatic carbocycles. The fraction of sp³-hybridized carbons (Fsp3) is 0.143. The Bertz CT molecular complexity index is 713. The summed E-state index contributed by atoms with van der Waals surface area (Å²) in [5, 5.41) is 0. The minimum Gasteiger partial charge on any atom is -0.115 e. The maximum atomic E-state index is 2.28. The molecule has 0 aliphatic heterocycles. The van der Waals surface area contributed by atoms with Crippen LogP contribution in [0.15, 0.2) is 89.8 Å². The first-order valence-electron chi connectivity index (χ1n) is 7.55. The molecule has 0 amide bonds. The molecule has 110 valence electrons. The zero-order valence-corrected chi connectivity index (χ0v) is 13.8. The van der Waals surface area contributed by atoms with Crippen molar-refractivity contribution in [3.8, 4) is 11.1 Å². The normalized spacial score (nSPS) is 11.4. The lowest BCUT2D eigenvalue weighted by Crippen LogP contribution is -2.11. The van der Waals surface area contributed by atoms with E-state index in [9.17, 15) is 0 Å². The first-order chi connectivity index (χ1) is 10.6. The van der Waals surface area contributed by atoms with Crippen molar-refractivity contribution < 1.29 is 0 Å². The molecule has 3 rings (SSSR count). The second-order valence-corrected chi connectivity index (χ2v) is 7.56.